The van der Waals surface area contributed by atoms with Crippen molar-refractivity contribution in [2.75, 3.05) is 6.54 Å². The molecule has 0 spiro atoms. The van der Waals surface area contributed by atoms with Gasteiger partial charge in [-0.2, -0.15) is 5.10 Å². The van der Waals surface area contributed by atoms with E-state index >= 15 is 0 Å². The molecule has 1 amide bonds. The lowest BCUT2D eigenvalue weighted by molar-refractivity contribution is -0.139. The van der Waals surface area contributed by atoms with E-state index in [9.17, 15) is 19.1 Å². The van der Waals surface area contributed by atoms with Crippen molar-refractivity contribution in [2.45, 2.75) is 32.9 Å². The molecule has 1 unspecified atom stereocenters. The number of carbonyl (C=O) groups excluding carboxylic acids is 1. The van der Waals surface area contributed by atoms with Gasteiger partial charge in [0.05, 0.1) is 17.3 Å². The number of nitrogens with zero attached hydrogens (tertiary/aromatic N) is 2. The number of carboxylic acids is 1. The zero-order valence-electron chi connectivity index (χ0n) is 17.3. The molecule has 4 N–H and O–H groups in total. The van der Waals surface area contributed by atoms with Crippen molar-refractivity contribution < 1.29 is 23.8 Å². The van der Waals surface area contributed by atoms with Crippen LogP contribution in [-0.4, -0.2) is 39.4 Å². The van der Waals surface area contributed by atoms with Crippen LogP contribution in [0.15, 0.2) is 42.6 Å². The topological polar surface area (TPSA) is 119 Å². The van der Waals surface area contributed by atoms with Gasteiger partial charge < -0.3 is 20.9 Å². The Morgan fingerprint density at radius 3 is 2.58 bits per heavy atom. The molecule has 2 aromatic carbocycles. The number of nitrogens with one attached hydrogen (secondary N) is 1. The fourth-order valence-corrected chi connectivity index (χ4v) is 3.15. The number of nitrogens with two attached hydrogens (primary N) is 1. The molecule has 0 aliphatic heterocycles. The van der Waals surface area contributed by atoms with Crippen LogP contribution in [0.25, 0.3) is 10.9 Å². The SMILES string of the molecule is CC(C)Cn1ncc2cc(Oc3ccc(F)cc3)c(C(=O)NC(CCN)C(=O)O)cc21. The van der Waals surface area contributed by atoms with Crippen molar-refractivity contribution in [3.05, 3.63) is 54.0 Å². The minimum Gasteiger partial charge on any atom is -0.480 e. The van der Waals surface area contributed by atoms with Gasteiger partial charge in [0.15, 0.2) is 0 Å². The molecule has 31 heavy (non-hydrogen) atoms. The Hall–Kier alpha value is -3.46. The smallest absolute Gasteiger partial charge is 0.326 e. The van der Waals surface area contributed by atoms with Crippen LogP contribution < -0.4 is 15.8 Å². The van der Waals surface area contributed by atoms with E-state index in [0.29, 0.717) is 18.2 Å². The van der Waals surface area contributed by atoms with Gasteiger partial charge in [-0.3, -0.25) is 9.48 Å². The minimum atomic E-state index is -1.18. The largest absolute Gasteiger partial charge is 0.480 e. The first-order valence-electron chi connectivity index (χ1n) is 9.95. The molecule has 0 aliphatic carbocycles. The Bertz CT molecular complexity index is 1080. The first-order valence-corrected chi connectivity index (χ1v) is 9.95. The van der Waals surface area contributed by atoms with Crippen molar-refractivity contribution in [1.82, 2.24) is 15.1 Å². The second-order valence-electron chi connectivity index (χ2n) is 7.63. The van der Waals surface area contributed by atoms with E-state index in [2.05, 4.69) is 24.3 Å². The summed E-state index contributed by atoms with van der Waals surface area (Å²) in [5, 5.41) is 17.0. The Morgan fingerprint density at radius 1 is 1.26 bits per heavy atom. The fourth-order valence-electron chi connectivity index (χ4n) is 3.15. The van der Waals surface area contributed by atoms with Gasteiger partial charge in [0, 0.05) is 11.9 Å². The van der Waals surface area contributed by atoms with Gasteiger partial charge in [0.2, 0.25) is 0 Å². The number of aliphatic carboxylic acids is 1. The standard InChI is InChI=1S/C22H25FN4O4/c1-13(2)12-27-19-10-17(21(28)26-18(7-8-24)22(29)30)20(9-14(19)11-25-27)31-16-5-3-15(23)4-6-16/h3-6,9-11,13,18H,7-8,12,24H2,1-2H3,(H,26,28)(H,29,30). The summed E-state index contributed by atoms with van der Waals surface area (Å²) in [6.07, 6.45) is 1.76. The summed E-state index contributed by atoms with van der Waals surface area (Å²) in [5.41, 5.74) is 6.33. The van der Waals surface area contributed by atoms with Crippen LogP contribution in [0.3, 0.4) is 0 Å². The van der Waals surface area contributed by atoms with E-state index in [1.807, 2.05) is 0 Å². The normalized spacial score (nSPS) is 12.2. The van der Waals surface area contributed by atoms with Gasteiger partial charge in [-0.1, -0.05) is 13.8 Å². The highest BCUT2D eigenvalue weighted by atomic mass is 19.1. The molecule has 1 atom stereocenters. The van der Waals surface area contributed by atoms with Gasteiger partial charge >= 0.3 is 5.97 Å². The van der Waals surface area contributed by atoms with Crippen molar-refractivity contribution in [3.8, 4) is 11.5 Å². The number of carbonyl (C=O) groups is 2. The van der Waals surface area contributed by atoms with Crippen LogP contribution in [0, 0.1) is 11.7 Å². The van der Waals surface area contributed by atoms with Crippen molar-refractivity contribution in [1.29, 1.82) is 0 Å². The third-order valence-corrected chi connectivity index (χ3v) is 4.63. The van der Waals surface area contributed by atoms with Crippen molar-refractivity contribution in [2.24, 2.45) is 11.7 Å². The van der Waals surface area contributed by atoms with Crippen LogP contribution in [0.1, 0.15) is 30.6 Å². The third kappa shape index (κ3) is 5.37. The maximum Gasteiger partial charge on any atom is 0.326 e. The molecule has 0 aliphatic rings. The number of halogens is 1. The van der Waals surface area contributed by atoms with E-state index < -0.39 is 23.7 Å². The van der Waals surface area contributed by atoms with Crippen LogP contribution in [0.5, 0.6) is 11.5 Å². The molecule has 9 heteroatoms. The number of ether oxygens (including phenoxy) is 1. The molecule has 1 aromatic heterocycles. The molecule has 0 bridgehead atoms. The quantitative estimate of drug-likeness (QED) is 0.482. The van der Waals surface area contributed by atoms with Crippen LogP contribution >= 0.6 is 0 Å². The van der Waals surface area contributed by atoms with Crippen LogP contribution in [0.2, 0.25) is 0 Å². The van der Waals surface area contributed by atoms with E-state index in [1.165, 1.54) is 24.3 Å². The molecule has 3 rings (SSSR count). The van der Waals surface area contributed by atoms with Gasteiger partial charge in [-0.15, -0.1) is 0 Å². The first-order chi connectivity index (χ1) is 14.8. The fraction of sp³-hybridized carbons (Fsp3) is 0.318. The molecule has 164 valence electrons. The number of carboxylic acid groups (broad SMARTS) is 1. The first kappa shape index (κ1) is 22.2. The summed E-state index contributed by atoms with van der Waals surface area (Å²) in [4.78, 5) is 24.5. The highest BCUT2D eigenvalue weighted by Gasteiger charge is 2.23. The summed E-state index contributed by atoms with van der Waals surface area (Å²) in [6, 6.07) is 7.53. The number of fused-ring (bicyclic) bond motifs is 1. The number of benzene rings is 2. The second kappa shape index (κ2) is 9.57. The summed E-state index contributed by atoms with van der Waals surface area (Å²) >= 11 is 0. The van der Waals surface area contributed by atoms with E-state index in [1.54, 1.807) is 23.0 Å². The third-order valence-electron chi connectivity index (χ3n) is 4.63. The average Bonchev–Trinajstić information content (AvgIpc) is 3.09. The predicted octanol–water partition coefficient (Wildman–Crippen LogP) is 3.16. The molecular formula is C22H25FN4O4. The van der Waals surface area contributed by atoms with E-state index in [0.717, 1.165) is 10.9 Å². The number of rotatable bonds is 9. The maximum atomic E-state index is 13.2. The molecule has 0 fully saturated rings. The lowest BCUT2D eigenvalue weighted by Crippen LogP contribution is -2.42. The summed E-state index contributed by atoms with van der Waals surface area (Å²) in [7, 11) is 0. The van der Waals surface area contributed by atoms with E-state index in [-0.39, 0.29) is 24.3 Å². The molecule has 8 nitrogen and oxygen atoms in total. The van der Waals surface area contributed by atoms with Crippen molar-refractivity contribution in [3.63, 3.8) is 0 Å². The molecule has 0 radical (unpaired) electrons. The summed E-state index contributed by atoms with van der Waals surface area (Å²) in [5.74, 6) is -1.33. The molecule has 0 saturated heterocycles. The zero-order valence-corrected chi connectivity index (χ0v) is 17.3. The zero-order chi connectivity index (χ0) is 22.5. The molecule has 3 aromatic rings. The number of amides is 1. The van der Waals surface area contributed by atoms with Gasteiger partial charge in [0.25, 0.3) is 5.91 Å². The average molecular weight is 428 g/mol. The number of aromatic nitrogens is 2. The van der Waals surface area contributed by atoms with Crippen LogP contribution in [-0.2, 0) is 11.3 Å². The molecular weight excluding hydrogens is 403 g/mol. The lowest BCUT2D eigenvalue weighted by Gasteiger charge is -2.16. The van der Waals surface area contributed by atoms with Gasteiger partial charge in [-0.25, -0.2) is 9.18 Å². The van der Waals surface area contributed by atoms with Gasteiger partial charge in [-0.05, 0) is 55.3 Å². The Kier molecular flexibility index (Phi) is 6.86. The lowest BCUT2D eigenvalue weighted by atomic mass is 10.1. The second-order valence-corrected chi connectivity index (χ2v) is 7.63. The number of hydrogen-bond donors (Lipinski definition) is 3. The van der Waals surface area contributed by atoms with Crippen molar-refractivity contribution >= 4 is 22.8 Å². The number of hydrogen-bond acceptors (Lipinski definition) is 5. The predicted molar refractivity (Wildman–Crippen MR) is 114 cm³/mol. The Balaban J connectivity index is 2.03. The minimum absolute atomic E-state index is 0.0861. The Labute approximate surface area is 178 Å². The highest BCUT2D eigenvalue weighted by molar-refractivity contribution is 6.02. The van der Waals surface area contributed by atoms with Crippen LogP contribution in [0.4, 0.5) is 4.39 Å². The highest BCUT2D eigenvalue weighted by Crippen LogP contribution is 2.31. The summed E-state index contributed by atoms with van der Waals surface area (Å²) < 4.78 is 20.9. The molecule has 0 saturated carbocycles. The monoisotopic (exact) mass is 428 g/mol. The summed E-state index contributed by atoms with van der Waals surface area (Å²) in [6.45, 7) is 4.86. The Morgan fingerprint density at radius 2 is 1.97 bits per heavy atom. The van der Waals surface area contributed by atoms with E-state index in [4.69, 9.17) is 10.5 Å². The molecule has 1 heterocycles. The van der Waals surface area contributed by atoms with Gasteiger partial charge in [0.1, 0.15) is 23.4 Å². The maximum absolute atomic E-state index is 13.2.